The number of anilines is 1. The first-order valence-corrected chi connectivity index (χ1v) is 7.89. The zero-order valence-corrected chi connectivity index (χ0v) is 12.6. The summed E-state index contributed by atoms with van der Waals surface area (Å²) in [5.74, 6) is 1.92. The summed E-state index contributed by atoms with van der Waals surface area (Å²) in [6, 6.07) is 5.98. The van der Waals surface area contributed by atoms with Gasteiger partial charge < -0.3 is 5.32 Å². The van der Waals surface area contributed by atoms with Crippen LogP contribution in [0.4, 0.5) is 5.82 Å². The summed E-state index contributed by atoms with van der Waals surface area (Å²) in [6.45, 7) is 3.01. The second-order valence-electron chi connectivity index (χ2n) is 5.50. The molecule has 0 bridgehead atoms. The fourth-order valence-corrected chi connectivity index (χ4v) is 2.88. The Kier molecular flexibility index (Phi) is 4.43. The van der Waals surface area contributed by atoms with Crippen molar-refractivity contribution in [3.63, 3.8) is 0 Å². The van der Waals surface area contributed by atoms with Gasteiger partial charge in [-0.3, -0.25) is 4.98 Å². The SMILES string of the molecule is CCNc1nc(Cc2ccccn2)nc2c1CCCCC2. The molecular weight excluding hydrogens is 260 g/mol. The van der Waals surface area contributed by atoms with Crippen molar-refractivity contribution < 1.29 is 0 Å². The molecule has 0 saturated carbocycles. The van der Waals surface area contributed by atoms with Crippen molar-refractivity contribution in [3.8, 4) is 0 Å². The Hall–Kier alpha value is -1.97. The van der Waals surface area contributed by atoms with Gasteiger partial charge in [0.2, 0.25) is 0 Å². The van der Waals surface area contributed by atoms with Crippen molar-refractivity contribution in [1.82, 2.24) is 15.0 Å². The predicted octanol–water partition coefficient (Wildman–Crippen LogP) is 3.16. The van der Waals surface area contributed by atoms with Crippen molar-refractivity contribution in [2.24, 2.45) is 0 Å². The lowest BCUT2D eigenvalue weighted by Crippen LogP contribution is -2.11. The topological polar surface area (TPSA) is 50.7 Å². The van der Waals surface area contributed by atoms with Gasteiger partial charge in [0.25, 0.3) is 0 Å². The number of fused-ring (bicyclic) bond motifs is 1. The molecular formula is C17H22N4. The van der Waals surface area contributed by atoms with Crippen LogP contribution in [0.15, 0.2) is 24.4 Å². The average molecular weight is 282 g/mol. The Morgan fingerprint density at radius 2 is 2.00 bits per heavy atom. The quantitative estimate of drug-likeness (QED) is 0.875. The van der Waals surface area contributed by atoms with Gasteiger partial charge in [-0.1, -0.05) is 12.5 Å². The first-order chi connectivity index (χ1) is 10.4. The summed E-state index contributed by atoms with van der Waals surface area (Å²) >= 11 is 0. The molecule has 21 heavy (non-hydrogen) atoms. The van der Waals surface area contributed by atoms with Crippen molar-refractivity contribution in [1.29, 1.82) is 0 Å². The lowest BCUT2D eigenvalue weighted by atomic mass is 10.1. The minimum atomic E-state index is 0.701. The lowest BCUT2D eigenvalue weighted by Gasteiger charge is -2.14. The van der Waals surface area contributed by atoms with Crippen molar-refractivity contribution in [2.45, 2.75) is 45.4 Å². The van der Waals surface area contributed by atoms with Gasteiger partial charge >= 0.3 is 0 Å². The monoisotopic (exact) mass is 282 g/mol. The minimum absolute atomic E-state index is 0.701. The molecule has 2 heterocycles. The van der Waals surface area contributed by atoms with Gasteiger partial charge in [-0.15, -0.1) is 0 Å². The third-order valence-electron chi connectivity index (χ3n) is 3.89. The van der Waals surface area contributed by atoms with E-state index in [0.717, 1.165) is 36.7 Å². The number of hydrogen-bond acceptors (Lipinski definition) is 4. The molecule has 1 aliphatic carbocycles. The minimum Gasteiger partial charge on any atom is -0.370 e. The van der Waals surface area contributed by atoms with E-state index in [1.807, 2.05) is 24.4 Å². The molecule has 0 unspecified atom stereocenters. The summed E-state index contributed by atoms with van der Waals surface area (Å²) in [7, 11) is 0. The normalized spacial score (nSPS) is 14.3. The Morgan fingerprint density at radius 1 is 1.10 bits per heavy atom. The maximum atomic E-state index is 4.82. The molecule has 4 nitrogen and oxygen atoms in total. The first-order valence-electron chi connectivity index (χ1n) is 7.89. The molecule has 0 amide bonds. The van der Waals surface area contributed by atoms with Crippen LogP contribution in [0, 0.1) is 0 Å². The fourth-order valence-electron chi connectivity index (χ4n) is 2.88. The highest BCUT2D eigenvalue weighted by Gasteiger charge is 2.16. The number of nitrogens with zero attached hydrogens (tertiary/aromatic N) is 3. The molecule has 3 rings (SSSR count). The Balaban J connectivity index is 1.94. The summed E-state index contributed by atoms with van der Waals surface area (Å²) in [5.41, 5.74) is 3.59. The molecule has 1 aliphatic rings. The van der Waals surface area contributed by atoms with Gasteiger partial charge in [-0.25, -0.2) is 9.97 Å². The summed E-state index contributed by atoms with van der Waals surface area (Å²) in [4.78, 5) is 14.0. The van der Waals surface area contributed by atoms with Crippen LogP contribution >= 0.6 is 0 Å². The molecule has 1 N–H and O–H groups in total. The molecule has 2 aromatic rings. The Bertz CT molecular complexity index is 595. The number of pyridine rings is 1. The van der Waals surface area contributed by atoms with Crippen molar-refractivity contribution >= 4 is 5.82 Å². The highest BCUT2D eigenvalue weighted by atomic mass is 15.0. The highest BCUT2D eigenvalue weighted by Crippen LogP contribution is 2.25. The van der Waals surface area contributed by atoms with Crippen LogP contribution in [-0.4, -0.2) is 21.5 Å². The van der Waals surface area contributed by atoms with E-state index >= 15 is 0 Å². The van der Waals surface area contributed by atoms with Crippen LogP contribution in [0.2, 0.25) is 0 Å². The van der Waals surface area contributed by atoms with E-state index in [9.17, 15) is 0 Å². The maximum Gasteiger partial charge on any atom is 0.136 e. The molecule has 0 aromatic carbocycles. The smallest absolute Gasteiger partial charge is 0.136 e. The van der Waals surface area contributed by atoms with Gasteiger partial charge in [0, 0.05) is 29.7 Å². The van der Waals surface area contributed by atoms with E-state index in [1.54, 1.807) is 0 Å². The van der Waals surface area contributed by atoms with E-state index < -0.39 is 0 Å². The van der Waals surface area contributed by atoms with Crippen LogP contribution in [0.3, 0.4) is 0 Å². The molecule has 0 fully saturated rings. The highest BCUT2D eigenvalue weighted by molar-refractivity contribution is 5.47. The van der Waals surface area contributed by atoms with E-state index in [4.69, 9.17) is 9.97 Å². The van der Waals surface area contributed by atoms with Crippen LogP contribution in [0.5, 0.6) is 0 Å². The van der Waals surface area contributed by atoms with Gasteiger partial charge in [-0.2, -0.15) is 0 Å². The summed E-state index contributed by atoms with van der Waals surface area (Å²) < 4.78 is 0. The third kappa shape index (κ3) is 3.38. The first kappa shape index (κ1) is 14.0. The third-order valence-corrected chi connectivity index (χ3v) is 3.89. The fraction of sp³-hybridized carbons (Fsp3) is 0.471. The summed E-state index contributed by atoms with van der Waals surface area (Å²) in [6.07, 6.45) is 8.47. The number of nitrogens with one attached hydrogen (secondary N) is 1. The Labute approximate surface area is 126 Å². The maximum absolute atomic E-state index is 4.82. The molecule has 110 valence electrons. The average Bonchev–Trinajstić information content (AvgIpc) is 2.74. The van der Waals surface area contributed by atoms with Gasteiger partial charge in [0.15, 0.2) is 0 Å². The lowest BCUT2D eigenvalue weighted by molar-refractivity contribution is 0.708. The second kappa shape index (κ2) is 6.66. The molecule has 0 saturated heterocycles. The van der Waals surface area contributed by atoms with Crippen LogP contribution in [-0.2, 0) is 19.3 Å². The number of aromatic nitrogens is 3. The number of aryl methyl sites for hydroxylation is 1. The molecule has 0 radical (unpaired) electrons. The zero-order valence-electron chi connectivity index (χ0n) is 12.6. The second-order valence-corrected chi connectivity index (χ2v) is 5.50. The van der Waals surface area contributed by atoms with Crippen LogP contribution < -0.4 is 5.32 Å². The zero-order chi connectivity index (χ0) is 14.5. The number of rotatable bonds is 4. The summed E-state index contributed by atoms with van der Waals surface area (Å²) in [5, 5.41) is 3.42. The van der Waals surface area contributed by atoms with Gasteiger partial charge in [0.05, 0.1) is 6.42 Å². The van der Waals surface area contributed by atoms with E-state index in [-0.39, 0.29) is 0 Å². The molecule has 2 aromatic heterocycles. The standard InChI is InChI=1S/C17H22N4/c1-2-18-17-14-9-4-3-5-10-15(14)20-16(21-17)12-13-8-6-7-11-19-13/h6-8,11H,2-5,9-10,12H2,1H3,(H,18,20,21). The Morgan fingerprint density at radius 3 is 2.81 bits per heavy atom. The van der Waals surface area contributed by atoms with E-state index in [1.165, 1.54) is 30.5 Å². The van der Waals surface area contributed by atoms with Gasteiger partial charge in [-0.05, 0) is 44.7 Å². The van der Waals surface area contributed by atoms with Crippen LogP contribution in [0.1, 0.15) is 49.0 Å². The largest absolute Gasteiger partial charge is 0.370 e. The van der Waals surface area contributed by atoms with E-state index in [0.29, 0.717) is 6.42 Å². The molecule has 4 heteroatoms. The van der Waals surface area contributed by atoms with Gasteiger partial charge in [0.1, 0.15) is 11.6 Å². The van der Waals surface area contributed by atoms with Crippen LogP contribution in [0.25, 0.3) is 0 Å². The molecule has 0 atom stereocenters. The molecule has 0 aliphatic heterocycles. The molecule has 0 spiro atoms. The predicted molar refractivity (Wildman–Crippen MR) is 84.5 cm³/mol. The van der Waals surface area contributed by atoms with Crippen molar-refractivity contribution in [2.75, 3.05) is 11.9 Å². The van der Waals surface area contributed by atoms with E-state index in [2.05, 4.69) is 17.2 Å². The van der Waals surface area contributed by atoms with Crippen molar-refractivity contribution in [3.05, 3.63) is 47.2 Å². The number of hydrogen-bond donors (Lipinski definition) is 1.